The smallest absolute Gasteiger partial charge is 0.195 e. The monoisotopic (exact) mass is 382 g/mol. The third-order valence-corrected chi connectivity index (χ3v) is 6.93. The summed E-state index contributed by atoms with van der Waals surface area (Å²) in [7, 11) is 0. The van der Waals surface area contributed by atoms with Gasteiger partial charge in [-0.15, -0.1) is 11.3 Å². The minimum Gasteiger partial charge on any atom is -0.289 e. The molecule has 0 aliphatic carbocycles. The van der Waals surface area contributed by atoms with E-state index in [0.717, 1.165) is 24.6 Å². The Morgan fingerprint density at radius 3 is 2.40 bits per heavy atom. The zero-order valence-electron chi connectivity index (χ0n) is 13.8. The average Bonchev–Trinajstić information content (AvgIpc) is 2.57. The number of hydrogen-bond donors (Lipinski definition) is 0. The van der Waals surface area contributed by atoms with Crippen LogP contribution in [0.25, 0.3) is 20.2 Å². The summed E-state index contributed by atoms with van der Waals surface area (Å²) in [6, 6.07) is 18.0. The summed E-state index contributed by atoms with van der Waals surface area (Å²) in [4.78, 5) is 14.9. The number of rotatable bonds is 2. The average molecular weight is 383 g/mol. The molecule has 0 aliphatic rings. The lowest BCUT2D eigenvalue weighted by Crippen LogP contribution is -2.01. The van der Waals surface area contributed by atoms with E-state index in [0.29, 0.717) is 10.4 Å². The van der Waals surface area contributed by atoms with E-state index in [1.54, 1.807) is 23.1 Å². The number of aryl methyl sites for hydroxylation is 2. The Labute approximate surface area is 159 Å². The first-order valence-corrected chi connectivity index (χ1v) is 9.94. The Balaban J connectivity index is 1.90. The van der Waals surface area contributed by atoms with E-state index in [-0.39, 0.29) is 5.43 Å². The van der Waals surface area contributed by atoms with Crippen molar-refractivity contribution in [2.24, 2.45) is 0 Å². The third kappa shape index (κ3) is 3.08. The molecule has 4 heteroatoms. The maximum absolute atomic E-state index is 12.7. The van der Waals surface area contributed by atoms with Crippen molar-refractivity contribution >= 4 is 54.9 Å². The zero-order chi connectivity index (χ0) is 17.6. The van der Waals surface area contributed by atoms with Crippen LogP contribution < -0.4 is 5.43 Å². The van der Waals surface area contributed by atoms with Crippen LogP contribution >= 0.6 is 34.7 Å². The van der Waals surface area contributed by atoms with Crippen molar-refractivity contribution in [2.45, 2.75) is 23.6 Å². The molecule has 1 heterocycles. The van der Waals surface area contributed by atoms with Gasteiger partial charge in [-0.1, -0.05) is 41.6 Å². The molecule has 0 bridgehead atoms. The maximum Gasteiger partial charge on any atom is 0.195 e. The molecule has 124 valence electrons. The normalized spacial score (nSPS) is 11.3. The molecule has 3 aromatic carbocycles. The third-order valence-electron chi connectivity index (χ3n) is 4.07. The van der Waals surface area contributed by atoms with E-state index in [4.69, 9.17) is 11.6 Å². The highest BCUT2D eigenvalue weighted by molar-refractivity contribution is 7.99. The largest absolute Gasteiger partial charge is 0.289 e. The van der Waals surface area contributed by atoms with Crippen LogP contribution in [0.1, 0.15) is 11.1 Å². The Kier molecular flexibility index (Phi) is 4.32. The standard InChI is InChI=1S/C21H15ClOS2/c1-12-9-13(2)11-14(10-12)24-18-8-7-16-20(23)15-5-3-4-6-17(15)25-21(16)19(18)22/h3-11H,1-2H3. The van der Waals surface area contributed by atoms with Crippen molar-refractivity contribution in [1.29, 1.82) is 0 Å². The van der Waals surface area contributed by atoms with E-state index < -0.39 is 0 Å². The van der Waals surface area contributed by atoms with E-state index in [1.807, 2.05) is 36.4 Å². The first-order chi connectivity index (χ1) is 12.0. The van der Waals surface area contributed by atoms with Crippen LogP contribution in [0.4, 0.5) is 0 Å². The van der Waals surface area contributed by atoms with E-state index >= 15 is 0 Å². The molecule has 0 N–H and O–H groups in total. The number of hydrogen-bond acceptors (Lipinski definition) is 3. The molecule has 4 rings (SSSR count). The molecule has 0 spiro atoms. The molecule has 0 radical (unpaired) electrons. The summed E-state index contributed by atoms with van der Waals surface area (Å²) in [5, 5.41) is 2.11. The van der Waals surface area contributed by atoms with Crippen LogP contribution in [0, 0.1) is 13.8 Å². The van der Waals surface area contributed by atoms with Crippen molar-refractivity contribution < 1.29 is 0 Å². The van der Waals surface area contributed by atoms with Gasteiger partial charge in [-0.05, 0) is 61.4 Å². The zero-order valence-corrected chi connectivity index (χ0v) is 16.2. The highest BCUT2D eigenvalue weighted by Gasteiger charge is 2.13. The fourth-order valence-corrected chi connectivity index (χ4v) is 5.65. The molecule has 0 saturated heterocycles. The van der Waals surface area contributed by atoms with Gasteiger partial charge in [-0.25, -0.2) is 0 Å². The lowest BCUT2D eigenvalue weighted by Gasteiger charge is -2.09. The van der Waals surface area contributed by atoms with Crippen LogP contribution in [-0.2, 0) is 0 Å². The summed E-state index contributed by atoms with van der Waals surface area (Å²) < 4.78 is 1.83. The first-order valence-electron chi connectivity index (χ1n) is 7.93. The van der Waals surface area contributed by atoms with E-state index in [1.165, 1.54) is 11.1 Å². The number of benzene rings is 3. The van der Waals surface area contributed by atoms with Gasteiger partial charge in [0.15, 0.2) is 5.43 Å². The molecular weight excluding hydrogens is 368 g/mol. The van der Waals surface area contributed by atoms with Gasteiger partial charge in [-0.3, -0.25) is 4.79 Å². The number of halogens is 1. The highest BCUT2D eigenvalue weighted by atomic mass is 35.5. The Bertz CT molecular complexity index is 1160. The predicted octanol–water partition coefficient (Wildman–Crippen LogP) is 6.84. The lowest BCUT2D eigenvalue weighted by molar-refractivity contribution is 1.29. The van der Waals surface area contributed by atoms with Crippen LogP contribution in [-0.4, -0.2) is 0 Å². The van der Waals surface area contributed by atoms with Crippen molar-refractivity contribution in [2.75, 3.05) is 0 Å². The molecule has 4 aromatic rings. The van der Waals surface area contributed by atoms with Gasteiger partial charge < -0.3 is 0 Å². The second-order valence-corrected chi connectivity index (χ2v) is 8.65. The van der Waals surface area contributed by atoms with Gasteiger partial charge >= 0.3 is 0 Å². The van der Waals surface area contributed by atoms with Gasteiger partial charge in [0, 0.05) is 25.3 Å². The molecule has 25 heavy (non-hydrogen) atoms. The maximum atomic E-state index is 12.7. The Hall–Kier alpha value is -1.81. The molecule has 1 nitrogen and oxygen atoms in total. The minimum absolute atomic E-state index is 0.0502. The minimum atomic E-state index is 0.0502. The molecular formula is C21H15ClOS2. The Morgan fingerprint density at radius 1 is 0.920 bits per heavy atom. The molecule has 0 fully saturated rings. The molecule has 0 amide bonds. The van der Waals surface area contributed by atoms with Crippen molar-refractivity contribution in [1.82, 2.24) is 0 Å². The van der Waals surface area contributed by atoms with Crippen LogP contribution in [0.2, 0.25) is 5.02 Å². The second-order valence-electron chi connectivity index (χ2n) is 6.11. The summed E-state index contributed by atoms with van der Waals surface area (Å²) in [6.45, 7) is 4.19. The quantitative estimate of drug-likeness (QED) is 0.353. The highest BCUT2D eigenvalue weighted by Crippen LogP contribution is 2.40. The molecule has 0 unspecified atom stereocenters. The van der Waals surface area contributed by atoms with Crippen molar-refractivity contribution in [3.8, 4) is 0 Å². The second kappa shape index (κ2) is 6.49. The van der Waals surface area contributed by atoms with Gasteiger partial charge in [-0.2, -0.15) is 0 Å². The number of fused-ring (bicyclic) bond motifs is 2. The lowest BCUT2D eigenvalue weighted by atomic mass is 10.2. The van der Waals surface area contributed by atoms with Gasteiger partial charge in [0.25, 0.3) is 0 Å². The predicted molar refractivity (Wildman–Crippen MR) is 111 cm³/mol. The van der Waals surface area contributed by atoms with Gasteiger partial charge in [0.2, 0.25) is 0 Å². The van der Waals surface area contributed by atoms with Crippen molar-refractivity contribution in [3.63, 3.8) is 0 Å². The van der Waals surface area contributed by atoms with Gasteiger partial charge in [0.05, 0.1) is 9.72 Å². The Morgan fingerprint density at radius 2 is 1.64 bits per heavy atom. The summed E-state index contributed by atoms with van der Waals surface area (Å²) in [6.07, 6.45) is 0. The van der Waals surface area contributed by atoms with Gasteiger partial charge in [0.1, 0.15) is 0 Å². The van der Waals surface area contributed by atoms with Crippen LogP contribution in [0.15, 0.2) is 69.2 Å². The topological polar surface area (TPSA) is 17.1 Å². The molecule has 0 aliphatic heterocycles. The summed E-state index contributed by atoms with van der Waals surface area (Å²) in [5.41, 5.74) is 2.51. The van der Waals surface area contributed by atoms with Crippen LogP contribution in [0.3, 0.4) is 0 Å². The SMILES string of the molecule is Cc1cc(C)cc(Sc2ccc3c(=O)c4ccccc4sc3c2Cl)c1. The fourth-order valence-electron chi connectivity index (χ4n) is 3.01. The molecule has 0 atom stereocenters. The van der Waals surface area contributed by atoms with Crippen LogP contribution in [0.5, 0.6) is 0 Å². The van der Waals surface area contributed by atoms with E-state index in [9.17, 15) is 4.79 Å². The van der Waals surface area contributed by atoms with E-state index in [2.05, 4.69) is 32.0 Å². The molecule has 0 saturated carbocycles. The first kappa shape index (κ1) is 16.6. The molecule has 1 aromatic heterocycles. The summed E-state index contributed by atoms with van der Waals surface area (Å²) in [5.74, 6) is 0. The fraction of sp³-hybridized carbons (Fsp3) is 0.0952. The van der Waals surface area contributed by atoms with Crippen molar-refractivity contribution in [3.05, 3.63) is 81.0 Å². The summed E-state index contributed by atoms with van der Waals surface area (Å²) >= 11 is 9.91.